The molecule has 2 aliphatic rings. The molecule has 4 heteroatoms. The summed E-state index contributed by atoms with van der Waals surface area (Å²) in [4.78, 5) is 4.90. The Kier molecular flexibility index (Phi) is 3.00. The van der Waals surface area contributed by atoms with Gasteiger partial charge in [-0.1, -0.05) is 18.2 Å². The van der Waals surface area contributed by atoms with Crippen LogP contribution >= 0.6 is 0 Å². The van der Waals surface area contributed by atoms with Crippen molar-refractivity contribution in [3.63, 3.8) is 0 Å². The van der Waals surface area contributed by atoms with Gasteiger partial charge in [0.1, 0.15) is 17.3 Å². The van der Waals surface area contributed by atoms with Crippen LogP contribution in [-0.4, -0.2) is 16.7 Å². The Morgan fingerprint density at radius 1 is 1.29 bits per heavy atom. The maximum absolute atomic E-state index is 6.44. The number of nitrogens with zero attached hydrogens (tertiary/aromatic N) is 2. The summed E-state index contributed by atoms with van der Waals surface area (Å²) in [7, 11) is 1.72. The van der Waals surface area contributed by atoms with Gasteiger partial charge in [0, 0.05) is 24.6 Å². The van der Waals surface area contributed by atoms with E-state index in [1.54, 1.807) is 7.11 Å². The standard InChI is InChI=1S/C17H21N3O/c1-21-10-11-3-2-4-13(9-11)15-16(18)20(14-7-8-14)17(19-15)12-5-6-12/h2-4,9,12,14H,5-8,10,18H2,1H3. The molecule has 0 radical (unpaired) electrons. The molecule has 1 heterocycles. The minimum Gasteiger partial charge on any atom is -0.383 e. The van der Waals surface area contributed by atoms with Crippen LogP contribution in [0.1, 0.15) is 49.0 Å². The number of benzene rings is 1. The molecule has 2 aliphatic carbocycles. The molecule has 0 amide bonds. The molecule has 0 atom stereocenters. The van der Waals surface area contributed by atoms with Crippen LogP contribution in [0.2, 0.25) is 0 Å². The van der Waals surface area contributed by atoms with Crippen molar-refractivity contribution in [3.05, 3.63) is 35.7 Å². The Balaban J connectivity index is 1.77. The summed E-state index contributed by atoms with van der Waals surface area (Å²) in [6, 6.07) is 8.94. The molecule has 2 saturated carbocycles. The van der Waals surface area contributed by atoms with E-state index in [2.05, 4.69) is 28.8 Å². The highest BCUT2D eigenvalue weighted by molar-refractivity contribution is 5.72. The molecule has 1 aromatic heterocycles. The number of ether oxygens (including phenoxy) is 1. The molecule has 2 fully saturated rings. The Bertz CT molecular complexity index is 669. The number of rotatable bonds is 5. The van der Waals surface area contributed by atoms with Gasteiger partial charge < -0.3 is 15.0 Å². The van der Waals surface area contributed by atoms with Crippen LogP contribution < -0.4 is 5.73 Å². The fraction of sp³-hybridized carbons (Fsp3) is 0.471. The molecule has 110 valence electrons. The Labute approximate surface area is 124 Å². The number of anilines is 1. The van der Waals surface area contributed by atoms with Crippen molar-refractivity contribution in [2.45, 2.75) is 44.2 Å². The minimum absolute atomic E-state index is 0.587. The second kappa shape index (κ2) is 4.88. The van der Waals surface area contributed by atoms with Crippen LogP contribution in [0.15, 0.2) is 24.3 Å². The second-order valence-electron chi connectivity index (χ2n) is 6.21. The molecule has 0 saturated heterocycles. The van der Waals surface area contributed by atoms with E-state index >= 15 is 0 Å². The lowest BCUT2D eigenvalue weighted by Gasteiger charge is -2.07. The van der Waals surface area contributed by atoms with Crippen LogP contribution in [0.4, 0.5) is 5.82 Å². The van der Waals surface area contributed by atoms with Gasteiger partial charge in [0.15, 0.2) is 0 Å². The van der Waals surface area contributed by atoms with Gasteiger partial charge in [-0.2, -0.15) is 0 Å². The lowest BCUT2D eigenvalue weighted by Crippen LogP contribution is -2.04. The third kappa shape index (κ3) is 2.33. The fourth-order valence-electron chi connectivity index (χ4n) is 3.00. The summed E-state index contributed by atoms with van der Waals surface area (Å²) in [5.74, 6) is 2.68. The SMILES string of the molecule is COCc1cccc(-c2nc(C3CC3)n(C3CC3)c2N)c1. The zero-order chi connectivity index (χ0) is 14.4. The van der Waals surface area contributed by atoms with Gasteiger partial charge in [-0.25, -0.2) is 4.98 Å². The second-order valence-corrected chi connectivity index (χ2v) is 6.21. The molecule has 21 heavy (non-hydrogen) atoms. The van der Waals surface area contributed by atoms with Crippen LogP contribution in [0.25, 0.3) is 11.3 Å². The molecular formula is C17H21N3O. The van der Waals surface area contributed by atoms with Crippen LogP contribution in [0.3, 0.4) is 0 Å². The maximum atomic E-state index is 6.44. The normalized spacial score (nSPS) is 18.1. The predicted octanol–water partition coefficient (Wildman–Crippen LogP) is 3.49. The van der Waals surface area contributed by atoms with E-state index in [1.165, 1.54) is 31.5 Å². The number of imidazole rings is 1. The molecule has 4 nitrogen and oxygen atoms in total. The van der Waals surface area contributed by atoms with Crippen molar-refractivity contribution < 1.29 is 4.74 Å². The third-order valence-corrected chi connectivity index (χ3v) is 4.34. The van der Waals surface area contributed by atoms with Crippen molar-refractivity contribution in [1.82, 2.24) is 9.55 Å². The smallest absolute Gasteiger partial charge is 0.132 e. The first-order valence-electron chi connectivity index (χ1n) is 7.73. The first kappa shape index (κ1) is 12.9. The van der Waals surface area contributed by atoms with E-state index in [1.807, 2.05) is 0 Å². The summed E-state index contributed by atoms with van der Waals surface area (Å²) in [5, 5.41) is 0. The van der Waals surface area contributed by atoms with E-state index in [0.29, 0.717) is 18.6 Å². The highest BCUT2D eigenvalue weighted by Crippen LogP contribution is 2.48. The predicted molar refractivity (Wildman–Crippen MR) is 83.0 cm³/mol. The zero-order valence-corrected chi connectivity index (χ0v) is 12.4. The van der Waals surface area contributed by atoms with Gasteiger partial charge >= 0.3 is 0 Å². The monoisotopic (exact) mass is 283 g/mol. The third-order valence-electron chi connectivity index (χ3n) is 4.34. The first-order valence-corrected chi connectivity index (χ1v) is 7.73. The van der Waals surface area contributed by atoms with Gasteiger partial charge in [-0.15, -0.1) is 0 Å². The number of methoxy groups -OCH3 is 1. The van der Waals surface area contributed by atoms with Gasteiger partial charge in [0.05, 0.1) is 6.61 Å². The zero-order valence-electron chi connectivity index (χ0n) is 12.4. The number of hydrogen-bond acceptors (Lipinski definition) is 3. The van der Waals surface area contributed by atoms with E-state index in [-0.39, 0.29) is 0 Å². The number of aromatic nitrogens is 2. The fourth-order valence-corrected chi connectivity index (χ4v) is 3.00. The summed E-state index contributed by atoms with van der Waals surface area (Å²) in [5.41, 5.74) is 9.64. The molecule has 4 rings (SSSR count). The molecule has 2 N–H and O–H groups in total. The topological polar surface area (TPSA) is 53.1 Å². The molecule has 0 bridgehead atoms. The molecule has 0 unspecified atom stereocenters. The molecule has 0 aliphatic heterocycles. The van der Waals surface area contributed by atoms with Gasteiger partial charge in [0.25, 0.3) is 0 Å². The molecule has 1 aromatic carbocycles. The van der Waals surface area contributed by atoms with Crippen molar-refractivity contribution in [3.8, 4) is 11.3 Å². The van der Waals surface area contributed by atoms with E-state index in [0.717, 1.165) is 22.6 Å². The Morgan fingerprint density at radius 3 is 2.76 bits per heavy atom. The van der Waals surface area contributed by atoms with Gasteiger partial charge in [-0.05, 0) is 37.3 Å². The molecule has 0 spiro atoms. The highest BCUT2D eigenvalue weighted by Gasteiger charge is 2.36. The van der Waals surface area contributed by atoms with E-state index < -0.39 is 0 Å². The lowest BCUT2D eigenvalue weighted by molar-refractivity contribution is 0.185. The quantitative estimate of drug-likeness (QED) is 0.913. The largest absolute Gasteiger partial charge is 0.383 e. The minimum atomic E-state index is 0.587. The van der Waals surface area contributed by atoms with Crippen LogP contribution in [0, 0.1) is 0 Å². The molecule has 2 aromatic rings. The van der Waals surface area contributed by atoms with Gasteiger partial charge in [0.2, 0.25) is 0 Å². The maximum Gasteiger partial charge on any atom is 0.132 e. The highest BCUT2D eigenvalue weighted by atomic mass is 16.5. The first-order chi connectivity index (χ1) is 10.3. The van der Waals surface area contributed by atoms with Crippen LogP contribution in [0.5, 0.6) is 0 Å². The van der Waals surface area contributed by atoms with E-state index in [9.17, 15) is 0 Å². The van der Waals surface area contributed by atoms with Crippen molar-refractivity contribution in [2.24, 2.45) is 0 Å². The summed E-state index contributed by atoms with van der Waals surface area (Å²) < 4.78 is 7.52. The van der Waals surface area contributed by atoms with E-state index in [4.69, 9.17) is 15.5 Å². The van der Waals surface area contributed by atoms with Crippen molar-refractivity contribution in [2.75, 3.05) is 12.8 Å². The lowest BCUT2D eigenvalue weighted by atomic mass is 10.1. The number of nitrogens with two attached hydrogens (primary N) is 1. The Hall–Kier alpha value is -1.81. The van der Waals surface area contributed by atoms with Crippen LogP contribution in [-0.2, 0) is 11.3 Å². The summed E-state index contributed by atoms with van der Waals surface area (Å²) in [6.45, 7) is 0.618. The average molecular weight is 283 g/mol. The van der Waals surface area contributed by atoms with Crippen molar-refractivity contribution in [1.29, 1.82) is 0 Å². The number of hydrogen-bond donors (Lipinski definition) is 1. The van der Waals surface area contributed by atoms with Crippen molar-refractivity contribution >= 4 is 5.82 Å². The number of nitrogen functional groups attached to an aromatic ring is 1. The average Bonchev–Trinajstić information content (AvgIpc) is 3.38. The molecular weight excluding hydrogens is 262 g/mol. The summed E-state index contributed by atoms with van der Waals surface area (Å²) in [6.07, 6.45) is 4.99. The summed E-state index contributed by atoms with van der Waals surface area (Å²) >= 11 is 0. The van der Waals surface area contributed by atoms with Gasteiger partial charge in [-0.3, -0.25) is 0 Å². The Morgan fingerprint density at radius 2 is 2.10 bits per heavy atom.